The summed E-state index contributed by atoms with van der Waals surface area (Å²) in [6.07, 6.45) is 0. The van der Waals surface area contributed by atoms with E-state index in [2.05, 4.69) is 15.9 Å². The monoisotopic (exact) mass is 338 g/mol. The van der Waals surface area contributed by atoms with Gasteiger partial charge in [0.15, 0.2) is 0 Å². The van der Waals surface area contributed by atoms with Crippen molar-refractivity contribution in [2.24, 2.45) is 0 Å². The van der Waals surface area contributed by atoms with E-state index in [1.165, 1.54) is 12.1 Å². The van der Waals surface area contributed by atoms with Crippen molar-refractivity contribution in [3.05, 3.63) is 63.4 Å². The molecule has 0 amide bonds. The predicted octanol–water partition coefficient (Wildman–Crippen LogP) is 4.17. The Hall–Kier alpha value is -1.88. The van der Waals surface area contributed by atoms with Gasteiger partial charge < -0.3 is 9.84 Å². The molecular formula is C15H12BrFO3. The molecule has 0 atom stereocenters. The van der Waals surface area contributed by atoms with Crippen molar-refractivity contribution in [3.63, 3.8) is 0 Å². The highest BCUT2D eigenvalue weighted by Crippen LogP contribution is 2.22. The van der Waals surface area contributed by atoms with Gasteiger partial charge in [0.1, 0.15) is 18.2 Å². The molecule has 0 fully saturated rings. The molecule has 0 bridgehead atoms. The molecule has 2 rings (SSSR count). The molecular weight excluding hydrogens is 327 g/mol. The number of ether oxygens (including phenoxy) is 1. The van der Waals surface area contributed by atoms with Crippen molar-refractivity contribution in [2.75, 3.05) is 0 Å². The highest BCUT2D eigenvalue weighted by Gasteiger charge is 2.09. The lowest BCUT2D eigenvalue weighted by Crippen LogP contribution is -2.03. The maximum atomic E-state index is 13.6. The van der Waals surface area contributed by atoms with E-state index in [1.807, 2.05) is 19.1 Å². The van der Waals surface area contributed by atoms with Crippen LogP contribution in [-0.4, -0.2) is 11.1 Å². The molecule has 20 heavy (non-hydrogen) atoms. The van der Waals surface area contributed by atoms with Crippen LogP contribution in [0, 0.1) is 12.7 Å². The van der Waals surface area contributed by atoms with Crippen LogP contribution in [0.4, 0.5) is 4.39 Å². The number of carboxylic acid groups (broad SMARTS) is 1. The predicted molar refractivity (Wildman–Crippen MR) is 76.6 cm³/mol. The molecule has 0 aliphatic carbocycles. The third kappa shape index (κ3) is 3.36. The van der Waals surface area contributed by atoms with Gasteiger partial charge in [0.25, 0.3) is 0 Å². The number of benzene rings is 2. The number of halogens is 2. The van der Waals surface area contributed by atoms with Crippen molar-refractivity contribution in [3.8, 4) is 5.75 Å². The Balaban J connectivity index is 2.15. The standard InChI is InChI=1S/C15H12BrFO3/c1-9-6-12(3-4-13(9)16)20-8-11-7-10(15(18)19)2-5-14(11)17/h2-7H,8H2,1H3,(H,18,19). The molecule has 0 spiro atoms. The van der Waals surface area contributed by atoms with Gasteiger partial charge in [0.2, 0.25) is 0 Å². The molecule has 1 N–H and O–H groups in total. The van der Waals surface area contributed by atoms with E-state index in [-0.39, 0.29) is 17.7 Å². The van der Waals surface area contributed by atoms with Crippen LogP contribution >= 0.6 is 15.9 Å². The molecule has 0 unspecified atom stereocenters. The minimum Gasteiger partial charge on any atom is -0.489 e. The number of carboxylic acids is 1. The van der Waals surface area contributed by atoms with Crippen molar-refractivity contribution in [2.45, 2.75) is 13.5 Å². The van der Waals surface area contributed by atoms with Crippen LogP contribution in [0.2, 0.25) is 0 Å². The average Bonchev–Trinajstić information content (AvgIpc) is 2.41. The summed E-state index contributed by atoms with van der Waals surface area (Å²) in [5.74, 6) is -0.972. The van der Waals surface area contributed by atoms with E-state index in [1.54, 1.807) is 6.07 Å². The minimum absolute atomic E-state index is 0.0198. The molecule has 2 aromatic rings. The van der Waals surface area contributed by atoms with Gasteiger partial charge in [-0.3, -0.25) is 0 Å². The van der Waals surface area contributed by atoms with Crippen LogP contribution in [0.25, 0.3) is 0 Å². The largest absolute Gasteiger partial charge is 0.489 e. The molecule has 104 valence electrons. The second-order valence-electron chi connectivity index (χ2n) is 4.31. The Bertz CT molecular complexity index is 656. The number of carbonyl (C=O) groups is 1. The van der Waals surface area contributed by atoms with E-state index in [0.717, 1.165) is 16.1 Å². The number of aromatic carboxylic acids is 1. The molecule has 2 aromatic carbocycles. The van der Waals surface area contributed by atoms with Crippen LogP contribution in [0.5, 0.6) is 5.75 Å². The molecule has 0 saturated carbocycles. The summed E-state index contributed by atoms with van der Waals surface area (Å²) in [6, 6.07) is 9.07. The Morgan fingerprint density at radius 2 is 2.05 bits per heavy atom. The number of aryl methyl sites for hydroxylation is 1. The van der Waals surface area contributed by atoms with Gasteiger partial charge in [0.05, 0.1) is 5.56 Å². The van der Waals surface area contributed by atoms with E-state index < -0.39 is 11.8 Å². The first-order valence-electron chi connectivity index (χ1n) is 5.88. The van der Waals surface area contributed by atoms with Crippen LogP contribution in [0.15, 0.2) is 40.9 Å². The summed E-state index contributed by atoms with van der Waals surface area (Å²) in [5, 5.41) is 8.88. The summed E-state index contributed by atoms with van der Waals surface area (Å²) in [4.78, 5) is 10.9. The van der Waals surface area contributed by atoms with E-state index in [9.17, 15) is 9.18 Å². The summed E-state index contributed by atoms with van der Waals surface area (Å²) >= 11 is 3.38. The Morgan fingerprint density at radius 1 is 1.30 bits per heavy atom. The van der Waals surface area contributed by atoms with Crippen LogP contribution in [0.3, 0.4) is 0 Å². The van der Waals surface area contributed by atoms with Crippen LogP contribution < -0.4 is 4.74 Å². The second-order valence-corrected chi connectivity index (χ2v) is 5.17. The molecule has 0 radical (unpaired) electrons. The average molecular weight is 339 g/mol. The zero-order chi connectivity index (χ0) is 14.7. The number of rotatable bonds is 4. The molecule has 0 aliphatic heterocycles. The first-order valence-corrected chi connectivity index (χ1v) is 6.67. The van der Waals surface area contributed by atoms with Crippen molar-refractivity contribution in [1.82, 2.24) is 0 Å². The third-order valence-electron chi connectivity index (χ3n) is 2.82. The lowest BCUT2D eigenvalue weighted by molar-refractivity contribution is 0.0696. The van der Waals surface area contributed by atoms with Crippen molar-refractivity contribution >= 4 is 21.9 Å². The van der Waals surface area contributed by atoms with Crippen molar-refractivity contribution < 1.29 is 19.0 Å². The number of hydrogen-bond acceptors (Lipinski definition) is 2. The Labute approximate surface area is 124 Å². The molecule has 0 saturated heterocycles. The van der Waals surface area contributed by atoms with Crippen LogP contribution in [0.1, 0.15) is 21.5 Å². The molecule has 3 nitrogen and oxygen atoms in total. The fraction of sp³-hybridized carbons (Fsp3) is 0.133. The number of hydrogen-bond donors (Lipinski definition) is 1. The summed E-state index contributed by atoms with van der Waals surface area (Å²) < 4.78 is 20.1. The van der Waals surface area contributed by atoms with Gasteiger partial charge in [0, 0.05) is 10.0 Å². The summed E-state index contributed by atoms with van der Waals surface area (Å²) in [7, 11) is 0. The topological polar surface area (TPSA) is 46.5 Å². The third-order valence-corrected chi connectivity index (χ3v) is 3.71. The molecule has 0 aromatic heterocycles. The zero-order valence-electron chi connectivity index (χ0n) is 10.7. The zero-order valence-corrected chi connectivity index (χ0v) is 12.3. The van der Waals surface area contributed by atoms with Crippen LogP contribution in [-0.2, 0) is 6.61 Å². The summed E-state index contributed by atoms with van der Waals surface area (Å²) in [6.45, 7) is 1.90. The second kappa shape index (κ2) is 6.05. The van der Waals surface area contributed by atoms with Gasteiger partial charge in [-0.15, -0.1) is 0 Å². The van der Waals surface area contributed by atoms with E-state index in [4.69, 9.17) is 9.84 Å². The fourth-order valence-corrected chi connectivity index (χ4v) is 1.93. The minimum atomic E-state index is -1.09. The van der Waals surface area contributed by atoms with E-state index >= 15 is 0 Å². The lowest BCUT2D eigenvalue weighted by Gasteiger charge is -2.09. The van der Waals surface area contributed by atoms with Gasteiger partial charge >= 0.3 is 5.97 Å². The Kier molecular flexibility index (Phi) is 4.39. The van der Waals surface area contributed by atoms with Gasteiger partial charge in [-0.2, -0.15) is 0 Å². The maximum Gasteiger partial charge on any atom is 0.335 e. The summed E-state index contributed by atoms with van der Waals surface area (Å²) in [5.41, 5.74) is 1.25. The highest BCUT2D eigenvalue weighted by molar-refractivity contribution is 9.10. The molecule has 5 heteroatoms. The van der Waals surface area contributed by atoms with Gasteiger partial charge in [-0.1, -0.05) is 15.9 Å². The van der Waals surface area contributed by atoms with Gasteiger partial charge in [-0.05, 0) is 48.9 Å². The quantitative estimate of drug-likeness (QED) is 0.909. The highest BCUT2D eigenvalue weighted by atomic mass is 79.9. The lowest BCUT2D eigenvalue weighted by atomic mass is 10.1. The van der Waals surface area contributed by atoms with Crippen molar-refractivity contribution in [1.29, 1.82) is 0 Å². The maximum absolute atomic E-state index is 13.6. The smallest absolute Gasteiger partial charge is 0.335 e. The van der Waals surface area contributed by atoms with E-state index in [0.29, 0.717) is 5.75 Å². The molecule has 0 heterocycles. The Morgan fingerprint density at radius 3 is 2.70 bits per heavy atom. The first kappa shape index (κ1) is 14.5. The normalized spacial score (nSPS) is 10.3. The van der Waals surface area contributed by atoms with Gasteiger partial charge in [-0.25, -0.2) is 9.18 Å². The first-order chi connectivity index (χ1) is 9.47. The SMILES string of the molecule is Cc1cc(OCc2cc(C(=O)O)ccc2F)ccc1Br. The fourth-order valence-electron chi connectivity index (χ4n) is 1.69. The molecule has 0 aliphatic rings.